The van der Waals surface area contributed by atoms with Gasteiger partial charge in [0, 0.05) is 10.0 Å². The molecular formula is C17H21Br2NO. The quantitative estimate of drug-likeness (QED) is 0.643. The Morgan fingerprint density at radius 1 is 0.952 bits per heavy atom. The van der Waals surface area contributed by atoms with Crippen molar-refractivity contribution < 1.29 is 26.2 Å². The lowest BCUT2D eigenvalue weighted by molar-refractivity contribution is -0.903. The first-order valence-corrected chi connectivity index (χ1v) is 7.59. The van der Waals surface area contributed by atoms with Crippen LogP contribution in [0.15, 0.2) is 59.1 Å². The SMILES string of the molecule is C[N+](C)(CCOc1ccccc1)Cc1ccccc1Br.[Br-]. The van der Waals surface area contributed by atoms with Crippen molar-refractivity contribution in [3.05, 3.63) is 64.6 Å². The molecule has 2 aromatic rings. The first-order chi connectivity index (χ1) is 9.57. The van der Waals surface area contributed by atoms with E-state index in [1.165, 1.54) is 10.0 Å². The summed E-state index contributed by atoms with van der Waals surface area (Å²) in [4.78, 5) is 0. The van der Waals surface area contributed by atoms with Crippen molar-refractivity contribution in [2.45, 2.75) is 6.54 Å². The molecule has 0 radical (unpaired) electrons. The predicted octanol–water partition coefficient (Wildman–Crippen LogP) is 1.11. The van der Waals surface area contributed by atoms with E-state index in [1.807, 2.05) is 36.4 Å². The second kappa shape index (κ2) is 8.57. The van der Waals surface area contributed by atoms with Crippen molar-refractivity contribution in [1.29, 1.82) is 0 Å². The van der Waals surface area contributed by atoms with E-state index >= 15 is 0 Å². The summed E-state index contributed by atoms with van der Waals surface area (Å²) in [6, 6.07) is 18.4. The maximum Gasteiger partial charge on any atom is 0.137 e. The summed E-state index contributed by atoms with van der Waals surface area (Å²) in [6.45, 7) is 2.68. The van der Waals surface area contributed by atoms with Gasteiger partial charge in [-0.2, -0.15) is 0 Å². The highest BCUT2D eigenvalue weighted by Gasteiger charge is 2.17. The standard InChI is InChI=1S/C17H21BrNO.BrH/c1-19(2,14-15-8-6-7-11-17(15)18)12-13-20-16-9-4-3-5-10-16;/h3-11H,12-14H2,1-2H3;1H/q+1;/p-1. The van der Waals surface area contributed by atoms with Gasteiger partial charge in [0.2, 0.25) is 0 Å². The normalized spacial score (nSPS) is 10.8. The highest BCUT2D eigenvalue weighted by atomic mass is 79.9. The van der Waals surface area contributed by atoms with Gasteiger partial charge in [-0.1, -0.05) is 52.3 Å². The van der Waals surface area contributed by atoms with Crippen LogP contribution in [0, 0.1) is 0 Å². The maximum atomic E-state index is 5.78. The number of hydrogen-bond donors (Lipinski definition) is 0. The van der Waals surface area contributed by atoms with Gasteiger partial charge >= 0.3 is 0 Å². The Labute approximate surface area is 146 Å². The van der Waals surface area contributed by atoms with Crippen LogP contribution in [0.2, 0.25) is 0 Å². The summed E-state index contributed by atoms with van der Waals surface area (Å²) >= 11 is 3.61. The summed E-state index contributed by atoms with van der Waals surface area (Å²) in [5, 5.41) is 0. The monoisotopic (exact) mass is 413 g/mol. The van der Waals surface area contributed by atoms with Gasteiger partial charge in [0.15, 0.2) is 0 Å². The Hall–Kier alpha value is -0.840. The number of rotatable bonds is 6. The largest absolute Gasteiger partial charge is 1.00 e. The number of para-hydroxylation sites is 1. The lowest BCUT2D eigenvalue weighted by Gasteiger charge is -2.30. The summed E-state index contributed by atoms with van der Waals surface area (Å²) < 4.78 is 7.86. The fourth-order valence-corrected chi connectivity index (χ4v) is 2.50. The average molecular weight is 415 g/mol. The van der Waals surface area contributed by atoms with Crippen LogP contribution in [0.4, 0.5) is 0 Å². The van der Waals surface area contributed by atoms with Gasteiger partial charge < -0.3 is 26.2 Å². The lowest BCUT2D eigenvalue weighted by atomic mass is 10.2. The molecule has 0 N–H and O–H groups in total. The molecule has 0 bridgehead atoms. The molecule has 4 heteroatoms. The molecule has 0 fully saturated rings. The fraction of sp³-hybridized carbons (Fsp3) is 0.294. The Morgan fingerprint density at radius 2 is 1.57 bits per heavy atom. The molecule has 114 valence electrons. The Balaban J connectivity index is 0.00000220. The highest BCUT2D eigenvalue weighted by molar-refractivity contribution is 9.10. The molecule has 0 aliphatic heterocycles. The summed E-state index contributed by atoms with van der Waals surface area (Å²) in [7, 11) is 4.46. The van der Waals surface area contributed by atoms with Crippen LogP contribution >= 0.6 is 15.9 Å². The molecule has 0 saturated heterocycles. The first-order valence-electron chi connectivity index (χ1n) is 6.80. The van der Waals surface area contributed by atoms with Gasteiger partial charge in [-0.15, -0.1) is 0 Å². The summed E-state index contributed by atoms with van der Waals surface area (Å²) in [6.07, 6.45) is 0. The molecule has 0 aromatic heterocycles. The van der Waals surface area contributed by atoms with Crippen molar-refractivity contribution in [3.8, 4) is 5.75 Å². The van der Waals surface area contributed by atoms with Crippen LogP contribution in [-0.2, 0) is 6.54 Å². The minimum Gasteiger partial charge on any atom is -1.00 e. The Morgan fingerprint density at radius 3 is 2.24 bits per heavy atom. The number of hydrogen-bond acceptors (Lipinski definition) is 1. The number of likely N-dealkylation sites (N-methyl/N-ethyl adjacent to an activating group) is 1. The molecule has 0 aliphatic carbocycles. The van der Waals surface area contributed by atoms with E-state index < -0.39 is 0 Å². The van der Waals surface area contributed by atoms with Gasteiger partial charge in [-0.05, 0) is 18.2 Å². The Kier molecular flexibility index (Phi) is 7.43. The van der Waals surface area contributed by atoms with Crippen LogP contribution < -0.4 is 21.7 Å². The fourth-order valence-electron chi connectivity index (χ4n) is 2.09. The number of quaternary nitrogens is 1. The number of halogens is 2. The summed E-state index contributed by atoms with van der Waals surface area (Å²) in [5.41, 5.74) is 1.33. The molecule has 0 atom stereocenters. The zero-order valence-electron chi connectivity index (χ0n) is 12.4. The van der Waals surface area contributed by atoms with Crippen LogP contribution in [0.1, 0.15) is 5.56 Å². The van der Waals surface area contributed by atoms with Gasteiger partial charge in [-0.25, -0.2) is 0 Å². The van der Waals surface area contributed by atoms with E-state index in [9.17, 15) is 0 Å². The molecule has 2 aromatic carbocycles. The van der Waals surface area contributed by atoms with E-state index in [2.05, 4.69) is 48.2 Å². The molecule has 0 saturated carbocycles. The van der Waals surface area contributed by atoms with Crippen molar-refractivity contribution in [2.75, 3.05) is 27.2 Å². The van der Waals surface area contributed by atoms with Crippen molar-refractivity contribution in [3.63, 3.8) is 0 Å². The minimum absolute atomic E-state index is 0. The van der Waals surface area contributed by atoms with Crippen LogP contribution in [-0.4, -0.2) is 31.7 Å². The first kappa shape index (κ1) is 18.2. The van der Waals surface area contributed by atoms with E-state index in [4.69, 9.17) is 4.74 Å². The second-order valence-electron chi connectivity index (χ2n) is 5.57. The van der Waals surface area contributed by atoms with Gasteiger partial charge in [0.1, 0.15) is 25.4 Å². The molecule has 21 heavy (non-hydrogen) atoms. The molecule has 2 rings (SSSR count). The lowest BCUT2D eigenvalue weighted by Crippen LogP contribution is -3.00. The average Bonchev–Trinajstić information content (AvgIpc) is 2.42. The smallest absolute Gasteiger partial charge is 0.137 e. The molecule has 0 heterocycles. The summed E-state index contributed by atoms with van der Waals surface area (Å²) in [5.74, 6) is 0.938. The maximum absolute atomic E-state index is 5.78. The third kappa shape index (κ3) is 6.20. The molecule has 0 aliphatic rings. The van der Waals surface area contributed by atoms with Crippen LogP contribution in [0.5, 0.6) is 5.75 Å². The van der Waals surface area contributed by atoms with Crippen molar-refractivity contribution >= 4 is 15.9 Å². The minimum atomic E-state index is 0. The molecule has 0 amide bonds. The van der Waals surface area contributed by atoms with Gasteiger partial charge in [0.25, 0.3) is 0 Å². The molecule has 0 unspecified atom stereocenters. The molecule has 0 spiro atoms. The molecule has 2 nitrogen and oxygen atoms in total. The van der Waals surface area contributed by atoms with Crippen molar-refractivity contribution in [2.24, 2.45) is 0 Å². The highest BCUT2D eigenvalue weighted by Crippen LogP contribution is 2.19. The van der Waals surface area contributed by atoms with E-state index in [0.717, 1.165) is 29.9 Å². The van der Waals surface area contributed by atoms with E-state index in [0.29, 0.717) is 0 Å². The third-order valence-corrected chi connectivity index (χ3v) is 4.04. The number of benzene rings is 2. The number of ether oxygens (including phenoxy) is 1. The Bertz CT molecular complexity index is 543. The molecular weight excluding hydrogens is 394 g/mol. The zero-order chi connectivity index (χ0) is 14.4. The van der Waals surface area contributed by atoms with E-state index in [1.54, 1.807) is 0 Å². The zero-order valence-corrected chi connectivity index (χ0v) is 15.6. The van der Waals surface area contributed by atoms with Gasteiger partial charge in [-0.3, -0.25) is 0 Å². The van der Waals surface area contributed by atoms with Gasteiger partial charge in [0.05, 0.1) is 14.1 Å². The third-order valence-electron chi connectivity index (χ3n) is 3.26. The van der Waals surface area contributed by atoms with Crippen molar-refractivity contribution in [1.82, 2.24) is 0 Å². The second-order valence-corrected chi connectivity index (χ2v) is 6.42. The van der Waals surface area contributed by atoms with Crippen LogP contribution in [0.3, 0.4) is 0 Å². The predicted molar refractivity (Wildman–Crippen MR) is 86.8 cm³/mol. The topological polar surface area (TPSA) is 9.23 Å². The van der Waals surface area contributed by atoms with E-state index in [-0.39, 0.29) is 17.0 Å². The number of nitrogens with zero attached hydrogens (tertiary/aromatic N) is 1. The van der Waals surface area contributed by atoms with Crippen LogP contribution in [0.25, 0.3) is 0 Å².